The molecule has 0 heterocycles. The highest BCUT2D eigenvalue weighted by atomic mass is 35.5. The molecule has 2 rings (SSSR count). The van der Waals surface area contributed by atoms with Gasteiger partial charge in [-0.05, 0) is 30.3 Å². The molecule has 0 bridgehead atoms. The first-order valence-corrected chi connectivity index (χ1v) is 9.01. The van der Waals surface area contributed by atoms with Gasteiger partial charge in [-0.25, -0.2) is 0 Å². The van der Waals surface area contributed by atoms with Crippen LogP contribution in [0.15, 0.2) is 47.4 Å². The Morgan fingerprint density at radius 2 is 1.85 bits per heavy atom. The van der Waals surface area contributed by atoms with Crippen molar-refractivity contribution >= 4 is 46.8 Å². The number of nitrogens with zero attached hydrogens (tertiary/aromatic N) is 1. The van der Waals surface area contributed by atoms with Crippen molar-refractivity contribution in [3.8, 4) is 11.8 Å². The molecule has 0 aliphatic rings. The summed E-state index contributed by atoms with van der Waals surface area (Å²) >= 11 is 13.1. The summed E-state index contributed by atoms with van der Waals surface area (Å²) in [5.41, 5.74) is 4.82. The number of carbonyl (C=O) groups excluding carboxylic acids is 2. The van der Waals surface area contributed by atoms with Crippen LogP contribution >= 0.6 is 35.0 Å². The van der Waals surface area contributed by atoms with Crippen LogP contribution in [0.2, 0.25) is 10.0 Å². The largest absolute Gasteiger partial charge is 0.482 e. The van der Waals surface area contributed by atoms with Crippen LogP contribution in [0.4, 0.5) is 0 Å². The van der Waals surface area contributed by atoms with Crippen molar-refractivity contribution in [2.75, 3.05) is 12.4 Å². The maximum absolute atomic E-state index is 11.8. The lowest BCUT2D eigenvalue weighted by atomic mass is 10.2. The second-order valence-corrected chi connectivity index (χ2v) is 6.72. The van der Waals surface area contributed by atoms with E-state index in [1.807, 2.05) is 6.07 Å². The number of ether oxygens (including phenoxy) is 1. The number of hydrogen-bond donors (Lipinski definition) is 2. The van der Waals surface area contributed by atoms with Gasteiger partial charge in [0.1, 0.15) is 11.8 Å². The molecular formula is C17H13Cl2N3O3S. The minimum Gasteiger partial charge on any atom is -0.482 e. The van der Waals surface area contributed by atoms with Crippen LogP contribution in [0.3, 0.4) is 0 Å². The molecule has 2 N–H and O–H groups in total. The molecule has 0 saturated carbocycles. The number of rotatable bonds is 6. The highest BCUT2D eigenvalue weighted by molar-refractivity contribution is 8.00. The van der Waals surface area contributed by atoms with E-state index in [0.29, 0.717) is 26.3 Å². The van der Waals surface area contributed by atoms with E-state index >= 15 is 0 Å². The van der Waals surface area contributed by atoms with Crippen molar-refractivity contribution in [2.24, 2.45) is 0 Å². The second kappa shape index (κ2) is 9.92. The second-order valence-electron chi connectivity index (χ2n) is 4.86. The van der Waals surface area contributed by atoms with Gasteiger partial charge in [0, 0.05) is 9.92 Å². The number of para-hydroxylation sites is 1. The SMILES string of the molecule is N#Cc1ccccc1OCC(=O)NNC(=O)CSc1cc(Cl)ccc1Cl. The van der Waals surface area contributed by atoms with Gasteiger partial charge in [-0.2, -0.15) is 5.26 Å². The highest BCUT2D eigenvalue weighted by Crippen LogP contribution is 2.29. The Morgan fingerprint density at radius 3 is 2.62 bits per heavy atom. The van der Waals surface area contributed by atoms with Crippen molar-refractivity contribution in [1.29, 1.82) is 5.26 Å². The van der Waals surface area contributed by atoms with Crippen LogP contribution in [0.25, 0.3) is 0 Å². The minimum atomic E-state index is -0.558. The van der Waals surface area contributed by atoms with E-state index in [2.05, 4.69) is 10.9 Å². The van der Waals surface area contributed by atoms with E-state index in [9.17, 15) is 9.59 Å². The van der Waals surface area contributed by atoms with Gasteiger partial charge in [-0.1, -0.05) is 35.3 Å². The fraction of sp³-hybridized carbons (Fsp3) is 0.118. The topological polar surface area (TPSA) is 91.2 Å². The maximum Gasteiger partial charge on any atom is 0.276 e. The van der Waals surface area contributed by atoms with Crippen LogP contribution in [0.5, 0.6) is 5.75 Å². The lowest BCUT2D eigenvalue weighted by Gasteiger charge is -2.10. The lowest BCUT2D eigenvalue weighted by molar-refractivity contribution is -0.128. The zero-order valence-corrected chi connectivity index (χ0v) is 15.6. The van der Waals surface area contributed by atoms with Gasteiger partial charge >= 0.3 is 0 Å². The molecule has 0 spiro atoms. The Kier molecular flexibility index (Phi) is 7.60. The fourth-order valence-corrected chi connectivity index (χ4v) is 3.06. The number of halogens is 2. The first kappa shape index (κ1) is 19.9. The summed E-state index contributed by atoms with van der Waals surface area (Å²) in [6, 6.07) is 13.4. The number of hydrazine groups is 1. The van der Waals surface area contributed by atoms with Gasteiger partial charge in [0.15, 0.2) is 6.61 Å². The van der Waals surface area contributed by atoms with Crippen molar-refractivity contribution in [2.45, 2.75) is 4.90 Å². The van der Waals surface area contributed by atoms with Crippen molar-refractivity contribution in [1.82, 2.24) is 10.9 Å². The van der Waals surface area contributed by atoms with E-state index < -0.39 is 11.8 Å². The van der Waals surface area contributed by atoms with E-state index in [-0.39, 0.29) is 12.4 Å². The zero-order chi connectivity index (χ0) is 18.9. The first-order chi connectivity index (χ1) is 12.5. The summed E-state index contributed by atoms with van der Waals surface area (Å²) in [5.74, 6) is -0.644. The van der Waals surface area contributed by atoms with E-state index in [4.69, 9.17) is 33.2 Å². The Morgan fingerprint density at radius 1 is 1.12 bits per heavy atom. The molecule has 0 aromatic heterocycles. The summed E-state index contributed by atoms with van der Waals surface area (Å²) in [6.07, 6.45) is 0. The van der Waals surface area contributed by atoms with Gasteiger partial charge in [0.05, 0.1) is 16.3 Å². The number of nitrogens with one attached hydrogen (secondary N) is 2. The summed E-state index contributed by atoms with van der Waals surface area (Å²) in [4.78, 5) is 24.2. The monoisotopic (exact) mass is 409 g/mol. The van der Waals surface area contributed by atoms with Gasteiger partial charge in [-0.3, -0.25) is 20.4 Å². The van der Waals surface area contributed by atoms with Crippen molar-refractivity contribution < 1.29 is 14.3 Å². The molecule has 0 saturated heterocycles. The predicted molar refractivity (Wildman–Crippen MR) is 100 cm³/mol. The quantitative estimate of drug-likeness (QED) is 0.564. The molecule has 134 valence electrons. The predicted octanol–water partition coefficient (Wildman–Crippen LogP) is 3.18. The average molecular weight is 410 g/mol. The zero-order valence-electron chi connectivity index (χ0n) is 13.3. The molecule has 0 unspecified atom stereocenters. The third kappa shape index (κ3) is 6.15. The summed E-state index contributed by atoms with van der Waals surface area (Å²) in [6.45, 7) is -0.341. The van der Waals surface area contributed by atoms with Gasteiger partial charge in [0.2, 0.25) is 5.91 Å². The maximum atomic E-state index is 11.8. The summed E-state index contributed by atoms with van der Waals surface area (Å²) in [5, 5.41) is 9.94. The molecule has 0 fully saturated rings. The normalized spacial score (nSPS) is 9.88. The Labute approximate surface area is 164 Å². The average Bonchev–Trinajstić information content (AvgIpc) is 2.65. The molecule has 2 amide bonds. The fourth-order valence-electron chi connectivity index (χ4n) is 1.77. The highest BCUT2D eigenvalue weighted by Gasteiger charge is 2.09. The molecule has 2 aromatic rings. The Bertz CT molecular complexity index is 855. The molecule has 0 aliphatic carbocycles. The lowest BCUT2D eigenvalue weighted by Crippen LogP contribution is -2.44. The van der Waals surface area contributed by atoms with Crippen molar-refractivity contribution in [3.05, 3.63) is 58.1 Å². The van der Waals surface area contributed by atoms with Crippen LogP contribution in [0.1, 0.15) is 5.56 Å². The number of thioether (sulfide) groups is 1. The van der Waals surface area contributed by atoms with Crippen LogP contribution in [0, 0.1) is 11.3 Å². The molecule has 26 heavy (non-hydrogen) atoms. The first-order valence-electron chi connectivity index (χ1n) is 7.27. The third-order valence-electron chi connectivity index (χ3n) is 2.96. The van der Waals surface area contributed by atoms with Crippen molar-refractivity contribution in [3.63, 3.8) is 0 Å². The summed E-state index contributed by atoms with van der Waals surface area (Å²) in [7, 11) is 0. The van der Waals surface area contributed by atoms with E-state index in [1.165, 1.54) is 11.8 Å². The molecule has 2 aromatic carbocycles. The number of carbonyl (C=O) groups is 2. The Hall–Kier alpha value is -2.40. The molecule has 9 heteroatoms. The summed E-state index contributed by atoms with van der Waals surface area (Å²) < 4.78 is 5.26. The smallest absolute Gasteiger partial charge is 0.276 e. The molecular weight excluding hydrogens is 397 g/mol. The molecule has 0 aliphatic heterocycles. The van der Waals surface area contributed by atoms with Gasteiger partial charge < -0.3 is 4.74 Å². The van der Waals surface area contributed by atoms with Gasteiger partial charge in [-0.15, -0.1) is 11.8 Å². The van der Waals surface area contributed by atoms with Crippen LogP contribution < -0.4 is 15.6 Å². The number of hydrogen-bond acceptors (Lipinski definition) is 5. The number of benzene rings is 2. The molecule has 0 radical (unpaired) electrons. The van der Waals surface area contributed by atoms with E-state index in [0.717, 1.165) is 0 Å². The van der Waals surface area contributed by atoms with E-state index in [1.54, 1.807) is 42.5 Å². The van der Waals surface area contributed by atoms with Crippen LogP contribution in [-0.4, -0.2) is 24.2 Å². The van der Waals surface area contributed by atoms with Crippen LogP contribution in [-0.2, 0) is 9.59 Å². The van der Waals surface area contributed by atoms with Gasteiger partial charge in [0.25, 0.3) is 5.91 Å². The third-order valence-corrected chi connectivity index (χ3v) is 4.69. The minimum absolute atomic E-state index is 0.0401. The molecule has 0 atom stereocenters. The standard InChI is InChI=1S/C17H13Cl2N3O3S/c18-12-5-6-13(19)15(7-12)26-10-17(24)22-21-16(23)9-25-14-4-2-1-3-11(14)8-20/h1-7H,9-10H2,(H,21,23)(H,22,24). The molecule has 6 nitrogen and oxygen atoms in total. The number of amides is 2. The number of nitriles is 1. The Balaban J connectivity index is 1.74.